The van der Waals surface area contributed by atoms with E-state index in [-0.39, 0.29) is 56.0 Å². The van der Waals surface area contributed by atoms with Gasteiger partial charge >= 0.3 is 5.97 Å². The van der Waals surface area contributed by atoms with E-state index in [0.717, 1.165) is 11.1 Å². The molecule has 0 unspecified atom stereocenters. The molecule has 0 aromatic heterocycles. The summed E-state index contributed by atoms with van der Waals surface area (Å²) in [7, 11) is 3.04. The molecular weight excluding hydrogens is 849 g/mol. The average Bonchev–Trinajstić information content (AvgIpc) is 3.18. The third-order valence-corrected chi connectivity index (χ3v) is 13.3. The number of ketones is 2. The lowest BCUT2D eigenvalue weighted by Crippen LogP contribution is -2.64. The fourth-order valence-corrected chi connectivity index (χ4v) is 9.96. The predicted octanol–water partition coefficient (Wildman–Crippen LogP) is 5.36. The molecule has 0 radical (unpaired) electrons. The molecule has 3 N–H and O–H groups in total. The Labute approximate surface area is 352 Å². The van der Waals surface area contributed by atoms with E-state index in [1.165, 1.54) is 12.0 Å². The van der Waals surface area contributed by atoms with Crippen LogP contribution in [0.3, 0.4) is 0 Å². The number of carbonyl (C=O) groups excluding carboxylic acids is 4. The maximum Gasteiger partial charge on any atom is 0.329 e. The van der Waals surface area contributed by atoms with Crippen molar-refractivity contribution in [3.05, 3.63) is 36.0 Å². The van der Waals surface area contributed by atoms with Crippen LogP contribution in [0.4, 0.5) is 0 Å². The molecule has 57 heavy (non-hydrogen) atoms. The Kier molecular flexibility index (Phi) is 17.9. The van der Waals surface area contributed by atoms with Crippen molar-refractivity contribution in [2.24, 2.45) is 29.6 Å². The first kappa shape index (κ1) is 47.6. The zero-order chi connectivity index (χ0) is 42.2. The zero-order valence-corrected chi connectivity index (χ0v) is 36.9. The van der Waals surface area contributed by atoms with Gasteiger partial charge in [-0.05, 0) is 95.5 Å². The SMILES string of the molecule is C=CC[C@@H]1/C=C(\C)C[C@H](C)C[C@H](O)[C@H]2O[C@@](O)(C(=O)C(=O)N3CCCC[C@H]3C(=O)O[C@H](/C(C)=C/[C@@H]3CC[C@@H](O)[C@H](OC)C3)[C@H](C)[C@@H](OI)CC1=O)[C@H](C)C[C@@H]2OC. The normalized spacial score (nSPS) is 41.0. The molecule has 14 heteroatoms. The minimum atomic E-state index is -2.57. The smallest absolute Gasteiger partial charge is 0.329 e. The van der Waals surface area contributed by atoms with E-state index in [1.807, 2.05) is 39.8 Å². The molecule has 3 heterocycles. The van der Waals surface area contributed by atoms with Crippen molar-refractivity contribution >= 4 is 46.4 Å². The van der Waals surface area contributed by atoms with Gasteiger partial charge in [0.2, 0.25) is 5.79 Å². The highest BCUT2D eigenvalue weighted by Crippen LogP contribution is 2.39. The van der Waals surface area contributed by atoms with Crippen LogP contribution in [0, 0.1) is 29.6 Å². The Bertz CT molecular complexity index is 1490. The highest BCUT2D eigenvalue weighted by molar-refractivity contribution is 14.1. The monoisotopic (exact) mass is 915 g/mol. The van der Waals surface area contributed by atoms with Gasteiger partial charge in [-0.25, -0.2) is 4.79 Å². The number of carbonyl (C=O) groups is 4. The highest BCUT2D eigenvalue weighted by Gasteiger charge is 2.56. The second kappa shape index (κ2) is 21.5. The standard InChI is InChI=1S/C43H66INO12/c1-9-12-30-18-24(2)17-25(3)19-34(48)39-37(54-8)21-27(5)43(52,56-39)40(49)41(50)45-16-11-10-13-31(45)42(51)55-38(28(6)35(57-44)23-33(30)47)26(4)20-29-14-15-32(46)36(22-29)53-7/h9,18,20,25,27-32,34-39,46,48,52H,1,10-17,19,21-23H2,2-8H3/b24-18+,26-20+/t25-,27+,28+,29-,30+,31-,32+,34-,35-,36+,37-,38+,39+,43+/m0/s1. The number of fused-ring (bicyclic) bond motifs is 3. The van der Waals surface area contributed by atoms with E-state index >= 15 is 0 Å². The van der Waals surface area contributed by atoms with Crippen molar-refractivity contribution < 1.29 is 56.5 Å². The molecular formula is C43H66INO12. The second-order valence-corrected chi connectivity index (χ2v) is 17.6. The van der Waals surface area contributed by atoms with Gasteiger partial charge in [-0.15, -0.1) is 6.58 Å². The van der Waals surface area contributed by atoms with Crippen LogP contribution >= 0.6 is 23.0 Å². The number of hydrogen-bond acceptors (Lipinski definition) is 12. The average molecular weight is 916 g/mol. The zero-order valence-electron chi connectivity index (χ0n) is 34.8. The molecule has 0 spiro atoms. The van der Waals surface area contributed by atoms with Crippen molar-refractivity contribution in [3.8, 4) is 0 Å². The van der Waals surface area contributed by atoms with Crippen LogP contribution in [0.1, 0.15) is 105 Å². The quantitative estimate of drug-likeness (QED) is 0.129. The summed E-state index contributed by atoms with van der Waals surface area (Å²) in [5, 5.41) is 33.9. The third-order valence-electron chi connectivity index (χ3n) is 12.7. The summed E-state index contributed by atoms with van der Waals surface area (Å²) in [6.07, 6.45) is 4.78. The van der Waals surface area contributed by atoms with Gasteiger partial charge in [0.25, 0.3) is 11.7 Å². The van der Waals surface area contributed by atoms with Gasteiger partial charge in [0.15, 0.2) is 0 Å². The third kappa shape index (κ3) is 11.6. The minimum Gasteiger partial charge on any atom is -0.456 e. The first-order chi connectivity index (χ1) is 27.0. The van der Waals surface area contributed by atoms with Gasteiger partial charge in [0.1, 0.15) is 47.0 Å². The summed E-state index contributed by atoms with van der Waals surface area (Å²) in [4.78, 5) is 57.9. The number of Topliss-reactive ketones (excluding diaryl/α,β-unsaturated/α-hetero) is 2. The Morgan fingerprint density at radius 1 is 0.982 bits per heavy atom. The van der Waals surface area contributed by atoms with Crippen LogP contribution in [-0.2, 0) is 41.2 Å². The van der Waals surface area contributed by atoms with Crippen molar-refractivity contribution in [2.75, 3.05) is 20.8 Å². The van der Waals surface area contributed by atoms with E-state index < -0.39 is 83.9 Å². The summed E-state index contributed by atoms with van der Waals surface area (Å²) < 4.78 is 29.6. The molecule has 0 aromatic carbocycles. The van der Waals surface area contributed by atoms with E-state index in [1.54, 1.807) is 43.1 Å². The van der Waals surface area contributed by atoms with Gasteiger partial charge in [-0.2, -0.15) is 0 Å². The van der Waals surface area contributed by atoms with Gasteiger partial charge in [-0.3, -0.25) is 14.4 Å². The summed E-state index contributed by atoms with van der Waals surface area (Å²) in [6.45, 7) is 13.2. The summed E-state index contributed by atoms with van der Waals surface area (Å²) in [5.74, 6) is -7.59. The van der Waals surface area contributed by atoms with Crippen molar-refractivity contribution in [1.29, 1.82) is 0 Å². The second-order valence-electron chi connectivity index (χ2n) is 17.1. The molecule has 4 rings (SSSR count). The number of ether oxygens (including phenoxy) is 4. The van der Waals surface area contributed by atoms with Crippen LogP contribution in [-0.4, -0.2) is 119 Å². The maximum absolute atomic E-state index is 14.4. The number of cyclic esters (lactones) is 1. The Balaban J connectivity index is 1.79. The van der Waals surface area contributed by atoms with Gasteiger partial charge < -0.3 is 42.2 Å². The number of nitrogens with zero attached hydrogens (tertiary/aromatic N) is 1. The molecule has 1 amide bonds. The number of hydrogen-bond donors (Lipinski definition) is 3. The van der Waals surface area contributed by atoms with E-state index in [0.29, 0.717) is 44.9 Å². The number of amides is 1. The number of allylic oxidation sites excluding steroid dienone is 4. The van der Waals surface area contributed by atoms with Crippen LogP contribution < -0.4 is 0 Å². The molecule has 2 saturated heterocycles. The highest BCUT2D eigenvalue weighted by atomic mass is 127. The Morgan fingerprint density at radius 3 is 2.33 bits per heavy atom. The number of aliphatic hydroxyl groups is 3. The molecule has 13 nitrogen and oxygen atoms in total. The molecule has 1 aliphatic carbocycles. The molecule has 0 aromatic rings. The number of methoxy groups -OCH3 is 2. The molecule has 3 aliphatic heterocycles. The fourth-order valence-electron chi connectivity index (χ4n) is 9.32. The largest absolute Gasteiger partial charge is 0.456 e. The number of esters is 1. The molecule has 2 bridgehead atoms. The number of rotatable bonds is 7. The fraction of sp³-hybridized carbons (Fsp3) is 0.767. The Hall–Kier alpha value is -2.05. The van der Waals surface area contributed by atoms with E-state index in [2.05, 4.69) is 6.58 Å². The topological polar surface area (TPSA) is 178 Å². The first-order valence-electron chi connectivity index (χ1n) is 20.6. The van der Waals surface area contributed by atoms with Crippen molar-refractivity contribution in [2.45, 2.75) is 160 Å². The molecule has 1 saturated carbocycles. The summed E-state index contributed by atoms with van der Waals surface area (Å²) in [6, 6.07) is -1.13. The molecule has 14 atom stereocenters. The van der Waals surface area contributed by atoms with Gasteiger partial charge in [0.05, 0.1) is 30.5 Å². The number of piperidine rings is 1. The predicted molar refractivity (Wildman–Crippen MR) is 221 cm³/mol. The summed E-state index contributed by atoms with van der Waals surface area (Å²) >= 11 is 1.79. The van der Waals surface area contributed by atoms with E-state index in [4.69, 9.17) is 22.0 Å². The first-order valence-corrected chi connectivity index (χ1v) is 21.5. The molecule has 4 aliphatic rings. The Morgan fingerprint density at radius 2 is 1.68 bits per heavy atom. The van der Waals surface area contributed by atoms with Crippen molar-refractivity contribution in [1.82, 2.24) is 4.90 Å². The van der Waals surface area contributed by atoms with Gasteiger partial charge in [-0.1, -0.05) is 44.6 Å². The van der Waals surface area contributed by atoms with Crippen LogP contribution in [0.2, 0.25) is 0 Å². The summed E-state index contributed by atoms with van der Waals surface area (Å²) in [5.41, 5.74) is 1.67. The van der Waals surface area contributed by atoms with Gasteiger partial charge in [0, 0.05) is 44.9 Å². The minimum absolute atomic E-state index is 0.0196. The van der Waals surface area contributed by atoms with Crippen molar-refractivity contribution in [3.63, 3.8) is 0 Å². The lowest BCUT2D eigenvalue weighted by atomic mass is 9.81. The molecule has 3 fully saturated rings. The lowest BCUT2D eigenvalue weighted by Gasteiger charge is -2.46. The lowest BCUT2D eigenvalue weighted by molar-refractivity contribution is -0.301. The van der Waals surface area contributed by atoms with Crippen LogP contribution in [0.25, 0.3) is 0 Å². The maximum atomic E-state index is 14.4. The number of halogens is 1. The van der Waals surface area contributed by atoms with E-state index in [9.17, 15) is 34.5 Å². The molecule has 322 valence electrons. The van der Waals surface area contributed by atoms with Crippen LogP contribution in [0.15, 0.2) is 36.0 Å². The van der Waals surface area contributed by atoms with Crippen LogP contribution in [0.5, 0.6) is 0 Å². The number of aliphatic hydroxyl groups excluding tert-OH is 2.